The second kappa shape index (κ2) is 12.8. The van der Waals surface area contributed by atoms with Crippen LogP contribution in [0.25, 0.3) is 11.3 Å². The van der Waals surface area contributed by atoms with Crippen LogP contribution >= 0.6 is 24.0 Å². The van der Waals surface area contributed by atoms with Crippen molar-refractivity contribution in [3.05, 3.63) is 52.7 Å². The monoisotopic (exact) mass is 587 g/mol. The van der Waals surface area contributed by atoms with Crippen LogP contribution in [0, 0.1) is 0 Å². The summed E-state index contributed by atoms with van der Waals surface area (Å²) in [6.45, 7) is 1.16. The lowest BCUT2D eigenvalue weighted by Gasteiger charge is -2.10. The molecule has 2 amide bonds. The first kappa shape index (κ1) is 30.5. The van der Waals surface area contributed by atoms with Crippen LogP contribution in [0.2, 0.25) is 5.02 Å². The molecular formula is C25H30Cl2F3N7O2. The molecule has 2 aromatic heterocycles. The molecule has 212 valence electrons. The van der Waals surface area contributed by atoms with Gasteiger partial charge in [0, 0.05) is 25.5 Å². The van der Waals surface area contributed by atoms with Crippen molar-refractivity contribution in [2.24, 2.45) is 12.8 Å². The van der Waals surface area contributed by atoms with Crippen LogP contribution in [-0.4, -0.2) is 44.2 Å². The van der Waals surface area contributed by atoms with E-state index in [4.69, 9.17) is 17.3 Å². The lowest BCUT2D eigenvalue weighted by atomic mass is 10.1. The molecule has 2 heterocycles. The van der Waals surface area contributed by atoms with Crippen LogP contribution in [0.4, 0.5) is 18.9 Å². The summed E-state index contributed by atoms with van der Waals surface area (Å²) in [4.78, 5) is 29.4. The van der Waals surface area contributed by atoms with E-state index in [1.165, 1.54) is 46.9 Å². The maximum Gasteiger partial charge on any atom is 0.435 e. The van der Waals surface area contributed by atoms with E-state index in [1.807, 2.05) is 0 Å². The number of hydrogen-bond acceptors (Lipinski definition) is 5. The lowest BCUT2D eigenvalue weighted by Crippen LogP contribution is -2.25. The highest BCUT2D eigenvalue weighted by molar-refractivity contribution is 6.34. The predicted octanol–water partition coefficient (Wildman–Crippen LogP) is 5.21. The number of carbonyl (C=O) groups excluding carboxylic acids is 2. The molecule has 0 saturated heterocycles. The van der Waals surface area contributed by atoms with Crippen molar-refractivity contribution in [3.63, 3.8) is 0 Å². The Kier molecular flexibility index (Phi) is 10.0. The Bertz CT molecular complexity index is 1320. The normalized spacial score (nSPS) is 13.2. The average Bonchev–Trinajstić information content (AvgIpc) is 3.48. The summed E-state index contributed by atoms with van der Waals surface area (Å²) >= 11 is 6.28. The lowest BCUT2D eigenvalue weighted by molar-refractivity contribution is -0.141. The van der Waals surface area contributed by atoms with Crippen molar-refractivity contribution >= 4 is 41.5 Å². The van der Waals surface area contributed by atoms with Crippen molar-refractivity contribution < 1.29 is 22.8 Å². The highest BCUT2D eigenvalue weighted by Crippen LogP contribution is 2.41. The van der Waals surface area contributed by atoms with Crippen molar-refractivity contribution in [1.29, 1.82) is 0 Å². The number of rotatable bonds is 11. The van der Waals surface area contributed by atoms with Gasteiger partial charge >= 0.3 is 6.18 Å². The third-order valence-electron chi connectivity index (χ3n) is 6.28. The highest BCUT2D eigenvalue weighted by atomic mass is 35.5. The number of hydrogen-bond donors (Lipinski definition) is 3. The first-order valence-corrected chi connectivity index (χ1v) is 12.8. The van der Waals surface area contributed by atoms with E-state index in [0.717, 1.165) is 38.5 Å². The van der Waals surface area contributed by atoms with Crippen molar-refractivity contribution in [2.75, 3.05) is 18.4 Å². The molecule has 0 bridgehead atoms. The van der Waals surface area contributed by atoms with Gasteiger partial charge in [0.15, 0.2) is 11.5 Å². The number of nitrogens with one attached hydrogen (secondary N) is 2. The van der Waals surface area contributed by atoms with E-state index in [-0.39, 0.29) is 52.0 Å². The number of halogens is 5. The molecule has 0 unspecified atom stereocenters. The van der Waals surface area contributed by atoms with Gasteiger partial charge in [0.2, 0.25) is 0 Å². The first-order valence-electron chi connectivity index (χ1n) is 12.4. The summed E-state index contributed by atoms with van der Waals surface area (Å²) in [7, 11) is 1.46. The fraction of sp³-hybridized carbons (Fsp3) is 0.440. The summed E-state index contributed by atoms with van der Waals surface area (Å²) in [5.74, 6) is -1.07. The van der Waals surface area contributed by atoms with E-state index in [1.54, 1.807) is 0 Å². The molecule has 0 radical (unpaired) electrons. The van der Waals surface area contributed by atoms with Crippen molar-refractivity contribution in [3.8, 4) is 11.3 Å². The summed E-state index contributed by atoms with van der Waals surface area (Å²) in [6, 6.07) is 4.40. The van der Waals surface area contributed by atoms with Gasteiger partial charge in [0.25, 0.3) is 11.8 Å². The highest BCUT2D eigenvalue weighted by Gasteiger charge is 2.40. The second-order valence-corrected chi connectivity index (χ2v) is 9.64. The van der Waals surface area contributed by atoms with E-state index in [9.17, 15) is 22.8 Å². The van der Waals surface area contributed by atoms with Gasteiger partial charge in [-0.3, -0.25) is 14.3 Å². The van der Waals surface area contributed by atoms with Gasteiger partial charge < -0.3 is 20.9 Å². The van der Waals surface area contributed by atoms with Gasteiger partial charge in [-0.15, -0.1) is 12.4 Å². The van der Waals surface area contributed by atoms with Gasteiger partial charge in [-0.05, 0) is 50.4 Å². The molecule has 1 fully saturated rings. The molecule has 4 rings (SSSR count). The van der Waals surface area contributed by atoms with Crippen molar-refractivity contribution in [1.82, 2.24) is 24.6 Å². The van der Waals surface area contributed by atoms with Crippen LogP contribution < -0.4 is 16.4 Å². The van der Waals surface area contributed by atoms with E-state index in [0.29, 0.717) is 18.8 Å². The fourth-order valence-corrected chi connectivity index (χ4v) is 4.34. The Labute approximate surface area is 234 Å². The quantitative estimate of drug-likeness (QED) is 0.266. The third-order valence-corrected chi connectivity index (χ3v) is 6.59. The molecule has 0 aliphatic heterocycles. The molecule has 3 aromatic rings. The fourth-order valence-electron chi connectivity index (χ4n) is 4.07. The minimum absolute atomic E-state index is 0. The Morgan fingerprint density at radius 3 is 2.51 bits per heavy atom. The largest absolute Gasteiger partial charge is 0.435 e. The minimum atomic E-state index is -4.66. The van der Waals surface area contributed by atoms with Crippen LogP contribution in [-0.2, 0) is 13.2 Å². The zero-order chi connectivity index (χ0) is 27.4. The molecule has 0 atom stereocenters. The molecule has 1 aliphatic rings. The van der Waals surface area contributed by atoms with E-state index < -0.39 is 17.8 Å². The van der Waals surface area contributed by atoms with Crippen LogP contribution in [0.15, 0.2) is 30.6 Å². The second-order valence-electron chi connectivity index (χ2n) is 9.23. The van der Waals surface area contributed by atoms with E-state index >= 15 is 0 Å². The Morgan fingerprint density at radius 1 is 1.15 bits per heavy atom. The number of imidazole rings is 1. The van der Waals surface area contributed by atoms with Crippen LogP contribution in [0.1, 0.15) is 71.2 Å². The molecule has 1 aromatic carbocycles. The third kappa shape index (κ3) is 7.31. The number of unbranched alkanes of at least 4 members (excludes halogenated alkanes) is 3. The maximum absolute atomic E-state index is 13.6. The van der Waals surface area contributed by atoms with Crippen molar-refractivity contribution in [2.45, 2.75) is 50.7 Å². The molecule has 1 aliphatic carbocycles. The zero-order valence-corrected chi connectivity index (χ0v) is 22.8. The average molecular weight is 588 g/mol. The van der Waals surface area contributed by atoms with Crippen LogP contribution in [0.3, 0.4) is 0 Å². The van der Waals surface area contributed by atoms with Gasteiger partial charge in [-0.1, -0.05) is 24.4 Å². The molecule has 4 N–H and O–H groups in total. The number of aromatic nitrogens is 4. The minimum Gasteiger partial charge on any atom is -0.352 e. The molecule has 14 heteroatoms. The molecule has 9 nitrogen and oxygen atoms in total. The number of anilines is 1. The summed E-state index contributed by atoms with van der Waals surface area (Å²) < 4.78 is 43.5. The number of alkyl halides is 3. The molecular weight excluding hydrogens is 558 g/mol. The van der Waals surface area contributed by atoms with Gasteiger partial charge in [0.1, 0.15) is 0 Å². The Hall–Kier alpha value is -3.09. The molecule has 39 heavy (non-hydrogen) atoms. The smallest absolute Gasteiger partial charge is 0.352 e. The number of carbonyl (C=O) groups is 2. The standard InChI is InChI=1S/C25H29ClF3N7O2.ClH/c1-35-20(18-14-36(16-7-8-16)34-21(18)25(27,28)29)13-32-22(35)24(38)33-15-6-9-17(19(26)12-15)23(37)31-11-5-3-2-4-10-30;/h6,9,12-14,16H,2-5,7-8,10-11,30H2,1H3,(H,31,37)(H,33,38);1H. The summed E-state index contributed by atoms with van der Waals surface area (Å²) in [6.07, 6.45) is 3.21. The number of nitrogens with two attached hydrogens (primary N) is 1. The Morgan fingerprint density at radius 2 is 1.87 bits per heavy atom. The first-order chi connectivity index (χ1) is 18.1. The van der Waals surface area contributed by atoms with Gasteiger partial charge in [-0.25, -0.2) is 4.98 Å². The Balaban J connectivity index is 0.00000420. The SMILES string of the molecule is Cl.Cn1c(-c2cn(C3CC3)nc2C(F)(F)F)cnc1C(=O)Nc1ccc(C(=O)NCCCCCCN)c(Cl)c1. The number of nitrogens with zero attached hydrogens (tertiary/aromatic N) is 4. The number of amides is 2. The van der Waals surface area contributed by atoms with Gasteiger partial charge in [-0.2, -0.15) is 18.3 Å². The van der Waals surface area contributed by atoms with Crippen LogP contribution in [0.5, 0.6) is 0 Å². The maximum atomic E-state index is 13.6. The topological polar surface area (TPSA) is 120 Å². The van der Waals surface area contributed by atoms with E-state index in [2.05, 4.69) is 20.7 Å². The predicted molar refractivity (Wildman–Crippen MR) is 144 cm³/mol. The molecule has 0 spiro atoms. The summed E-state index contributed by atoms with van der Waals surface area (Å²) in [5, 5.41) is 9.34. The summed E-state index contributed by atoms with van der Waals surface area (Å²) in [5.41, 5.74) is 4.99. The van der Waals surface area contributed by atoms with Gasteiger partial charge in [0.05, 0.1) is 34.1 Å². The molecule has 1 saturated carbocycles. The zero-order valence-electron chi connectivity index (χ0n) is 21.2. The number of benzene rings is 1.